The van der Waals surface area contributed by atoms with Gasteiger partial charge in [0.25, 0.3) is 0 Å². The second-order valence-corrected chi connectivity index (χ2v) is 5.84. The zero-order valence-electron chi connectivity index (χ0n) is 7.44. The molecule has 0 aliphatic heterocycles. The molecule has 0 amide bonds. The highest BCUT2D eigenvalue weighted by Crippen LogP contribution is 2.12. The van der Waals surface area contributed by atoms with E-state index in [9.17, 15) is 4.21 Å². The first kappa shape index (κ1) is 10.2. The van der Waals surface area contributed by atoms with E-state index in [0.717, 1.165) is 18.6 Å². The third-order valence-electron chi connectivity index (χ3n) is 1.37. The maximum atomic E-state index is 11.3. The fraction of sp³-hybridized carbons (Fsp3) is 1.00. The smallest absolute Gasteiger partial charge is 0.0375 e. The molecule has 0 spiro atoms. The van der Waals surface area contributed by atoms with Crippen LogP contribution in [0.2, 0.25) is 0 Å². The lowest BCUT2D eigenvalue weighted by atomic mass is 10.3. The summed E-state index contributed by atoms with van der Waals surface area (Å²) in [6, 6.07) is 0. The Morgan fingerprint density at radius 1 is 1.30 bits per heavy atom. The molecule has 0 bridgehead atoms. The molecule has 0 aromatic rings. The molecule has 0 radical (unpaired) electrons. The lowest BCUT2D eigenvalue weighted by Gasteiger charge is -2.16. The Kier molecular flexibility index (Phi) is 4.18. The van der Waals surface area contributed by atoms with Crippen LogP contribution in [0.1, 0.15) is 40.5 Å². The van der Waals surface area contributed by atoms with Crippen molar-refractivity contribution in [1.82, 2.24) is 0 Å². The van der Waals surface area contributed by atoms with Crippen molar-refractivity contribution in [2.24, 2.45) is 0 Å². The summed E-state index contributed by atoms with van der Waals surface area (Å²) < 4.78 is 11.3. The van der Waals surface area contributed by atoms with Crippen molar-refractivity contribution in [1.29, 1.82) is 0 Å². The van der Waals surface area contributed by atoms with Gasteiger partial charge in [-0.3, -0.25) is 4.21 Å². The Morgan fingerprint density at radius 3 is 2.10 bits per heavy atom. The van der Waals surface area contributed by atoms with Crippen LogP contribution in [0.3, 0.4) is 0 Å². The Balaban J connectivity index is 3.64. The summed E-state index contributed by atoms with van der Waals surface area (Å²) in [5.41, 5.74) is 0. The molecule has 0 aliphatic rings. The van der Waals surface area contributed by atoms with Crippen LogP contribution >= 0.6 is 0 Å². The van der Waals surface area contributed by atoms with Crippen molar-refractivity contribution in [3.05, 3.63) is 0 Å². The highest BCUT2D eigenvalue weighted by molar-refractivity contribution is 7.86. The molecule has 0 aliphatic carbocycles. The topological polar surface area (TPSA) is 17.1 Å². The van der Waals surface area contributed by atoms with E-state index in [1.165, 1.54) is 0 Å². The van der Waals surface area contributed by atoms with Crippen molar-refractivity contribution < 1.29 is 4.21 Å². The molecule has 0 aromatic heterocycles. The maximum Gasteiger partial charge on any atom is 0.0375 e. The Hall–Kier alpha value is 0.150. The quantitative estimate of drug-likeness (QED) is 0.622. The van der Waals surface area contributed by atoms with Gasteiger partial charge in [-0.25, -0.2) is 0 Å². The molecule has 2 heteroatoms. The van der Waals surface area contributed by atoms with E-state index in [2.05, 4.69) is 6.92 Å². The monoisotopic (exact) mass is 162 g/mol. The lowest BCUT2D eigenvalue weighted by Crippen LogP contribution is -2.23. The fourth-order valence-electron chi connectivity index (χ4n) is 0.582. The minimum absolute atomic E-state index is 0.0187. The third-order valence-corrected chi connectivity index (χ3v) is 3.39. The highest BCUT2D eigenvalue weighted by Gasteiger charge is 2.17. The minimum Gasteiger partial charge on any atom is -0.259 e. The number of hydrogen-bond donors (Lipinski definition) is 0. The molecule has 0 fully saturated rings. The molecule has 0 saturated heterocycles. The van der Waals surface area contributed by atoms with Gasteiger partial charge in [0.15, 0.2) is 0 Å². The van der Waals surface area contributed by atoms with Gasteiger partial charge in [0.05, 0.1) is 0 Å². The molecular weight excluding hydrogens is 144 g/mol. The van der Waals surface area contributed by atoms with E-state index < -0.39 is 10.8 Å². The average Bonchev–Trinajstić information content (AvgIpc) is 1.80. The van der Waals surface area contributed by atoms with Crippen molar-refractivity contribution >= 4 is 10.8 Å². The van der Waals surface area contributed by atoms with Crippen LogP contribution in [0.15, 0.2) is 0 Å². The van der Waals surface area contributed by atoms with E-state index in [1.54, 1.807) is 0 Å². The van der Waals surface area contributed by atoms with Crippen LogP contribution in [0.5, 0.6) is 0 Å². The second-order valence-electron chi connectivity index (χ2n) is 3.52. The van der Waals surface area contributed by atoms with E-state index in [0.29, 0.717) is 0 Å². The summed E-state index contributed by atoms with van der Waals surface area (Å²) in [4.78, 5) is 0. The van der Waals surface area contributed by atoms with Crippen molar-refractivity contribution in [3.8, 4) is 0 Å². The minimum atomic E-state index is -0.637. The van der Waals surface area contributed by atoms with Gasteiger partial charge in [-0.15, -0.1) is 0 Å². The summed E-state index contributed by atoms with van der Waals surface area (Å²) in [5, 5.41) is 0. The van der Waals surface area contributed by atoms with Gasteiger partial charge in [0.1, 0.15) is 0 Å². The predicted octanol–water partition coefficient (Wildman–Crippen LogP) is 2.33. The molecule has 1 atom stereocenters. The normalized spacial score (nSPS) is 15.2. The Morgan fingerprint density at radius 2 is 1.80 bits per heavy atom. The number of unbranched alkanes of at least 4 members (excludes halogenated alkanes) is 1. The summed E-state index contributed by atoms with van der Waals surface area (Å²) in [7, 11) is -0.637. The van der Waals surface area contributed by atoms with Gasteiger partial charge in [-0.05, 0) is 27.2 Å². The van der Waals surface area contributed by atoms with Crippen molar-refractivity contribution in [2.45, 2.75) is 45.3 Å². The van der Waals surface area contributed by atoms with E-state index >= 15 is 0 Å². The van der Waals surface area contributed by atoms with Gasteiger partial charge < -0.3 is 0 Å². The second kappa shape index (κ2) is 4.12. The van der Waals surface area contributed by atoms with Gasteiger partial charge in [-0.2, -0.15) is 0 Å². The summed E-state index contributed by atoms with van der Waals surface area (Å²) in [5.74, 6) is 0.861. The van der Waals surface area contributed by atoms with Crippen LogP contribution in [0, 0.1) is 0 Å². The molecule has 0 N–H and O–H groups in total. The molecule has 0 rings (SSSR count). The first-order chi connectivity index (χ1) is 4.48. The first-order valence-corrected chi connectivity index (χ1v) is 5.19. The summed E-state index contributed by atoms with van der Waals surface area (Å²) >= 11 is 0. The number of rotatable bonds is 3. The van der Waals surface area contributed by atoms with Crippen LogP contribution in [-0.2, 0) is 10.8 Å². The third kappa shape index (κ3) is 4.04. The summed E-state index contributed by atoms with van der Waals surface area (Å²) in [6.07, 6.45) is 2.23. The fourth-order valence-corrected chi connectivity index (χ4v) is 1.74. The van der Waals surface area contributed by atoms with E-state index in [1.807, 2.05) is 20.8 Å². The average molecular weight is 162 g/mol. The van der Waals surface area contributed by atoms with Crippen LogP contribution in [-0.4, -0.2) is 14.7 Å². The summed E-state index contributed by atoms with van der Waals surface area (Å²) in [6.45, 7) is 8.20. The highest BCUT2D eigenvalue weighted by atomic mass is 32.2. The molecule has 0 unspecified atom stereocenters. The standard InChI is InChI=1S/C8H18OS/c1-5-6-7-10(9)8(2,3)4/h5-7H2,1-4H3/t10-/m0/s1. The Labute approximate surface area is 66.7 Å². The van der Waals surface area contributed by atoms with E-state index in [-0.39, 0.29) is 4.75 Å². The van der Waals surface area contributed by atoms with Gasteiger partial charge in [0, 0.05) is 21.3 Å². The predicted molar refractivity (Wildman–Crippen MR) is 47.7 cm³/mol. The molecule has 1 nitrogen and oxygen atoms in total. The molecular formula is C8H18OS. The molecule has 62 valence electrons. The van der Waals surface area contributed by atoms with Crippen molar-refractivity contribution in [3.63, 3.8) is 0 Å². The first-order valence-electron chi connectivity index (χ1n) is 3.87. The van der Waals surface area contributed by atoms with E-state index in [4.69, 9.17) is 0 Å². The molecule has 0 saturated carbocycles. The molecule has 10 heavy (non-hydrogen) atoms. The van der Waals surface area contributed by atoms with Gasteiger partial charge in [-0.1, -0.05) is 13.3 Å². The molecule has 0 heterocycles. The number of hydrogen-bond acceptors (Lipinski definition) is 1. The lowest BCUT2D eigenvalue weighted by molar-refractivity contribution is 0.645. The Bertz CT molecular complexity index is 113. The largest absolute Gasteiger partial charge is 0.259 e. The zero-order valence-corrected chi connectivity index (χ0v) is 8.25. The van der Waals surface area contributed by atoms with Crippen LogP contribution in [0.4, 0.5) is 0 Å². The van der Waals surface area contributed by atoms with Crippen molar-refractivity contribution in [2.75, 3.05) is 5.75 Å². The molecule has 0 aromatic carbocycles. The zero-order chi connectivity index (χ0) is 8.20. The van der Waals surface area contributed by atoms with Gasteiger partial charge >= 0.3 is 0 Å². The van der Waals surface area contributed by atoms with Gasteiger partial charge in [0.2, 0.25) is 0 Å². The van der Waals surface area contributed by atoms with Crippen LogP contribution in [0.25, 0.3) is 0 Å². The SMILES string of the molecule is CCCC[S@](=O)C(C)(C)C. The maximum absolute atomic E-state index is 11.3. The van der Waals surface area contributed by atoms with Crippen LogP contribution < -0.4 is 0 Å².